The monoisotopic (exact) mass is 372 g/mol. The number of carbonyl (C=O) groups is 2. The molecule has 0 aromatic rings. The zero-order valence-electron chi connectivity index (χ0n) is 15.6. The lowest BCUT2D eigenvalue weighted by molar-refractivity contribution is -0.494. The van der Waals surface area contributed by atoms with Gasteiger partial charge >= 0.3 is 11.3 Å². The average molecular weight is 373 g/mol. The summed E-state index contributed by atoms with van der Waals surface area (Å²) >= 11 is 1.34. The summed E-state index contributed by atoms with van der Waals surface area (Å²) in [4.78, 5) is 30.9. The van der Waals surface area contributed by atoms with Gasteiger partial charge in [-0.2, -0.15) is 4.99 Å². The van der Waals surface area contributed by atoms with E-state index in [2.05, 4.69) is 4.99 Å². The molecule has 1 unspecified atom stereocenters. The molecule has 2 aliphatic rings. The van der Waals surface area contributed by atoms with Crippen LogP contribution in [0.15, 0.2) is 0 Å². The van der Waals surface area contributed by atoms with Gasteiger partial charge in [0.25, 0.3) is 5.91 Å². The Morgan fingerprint density at radius 1 is 1.44 bits per heavy atom. The second kappa shape index (κ2) is 8.29. The van der Waals surface area contributed by atoms with E-state index in [1.165, 1.54) is 11.8 Å². The van der Waals surface area contributed by atoms with E-state index in [0.29, 0.717) is 13.0 Å². The minimum atomic E-state index is -0.501. The van der Waals surface area contributed by atoms with Gasteiger partial charge in [0, 0.05) is 38.3 Å². The van der Waals surface area contributed by atoms with Crippen molar-refractivity contribution in [1.82, 2.24) is 9.80 Å². The van der Waals surface area contributed by atoms with Crippen molar-refractivity contribution in [2.75, 3.05) is 20.1 Å². The fourth-order valence-electron chi connectivity index (χ4n) is 3.01. The molecule has 1 saturated heterocycles. The predicted octanol–water partition coefficient (Wildman–Crippen LogP) is 1.08. The van der Waals surface area contributed by atoms with Gasteiger partial charge in [-0.05, 0) is 46.5 Å². The quantitative estimate of drug-likeness (QED) is 0.706. The van der Waals surface area contributed by atoms with Gasteiger partial charge in [0.05, 0.1) is 5.37 Å². The number of fused-ring (bicyclic) bond motifs is 1. The molecule has 0 bridgehead atoms. The smallest absolute Gasteiger partial charge is 0.410 e. The highest BCUT2D eigenvalue weighted by Crippen LogP contribution is 2.28. The normalized spacial score (nSPS) is 23.8. The molecule has 0 aliphatic carbocycles. The van der Waals surface area contributed by atoms with Crippen LogP contribution in [-0.4, -0.2) is 69.3 Å². The van der Waals surface area contributed by atoms with Crippen LogP contribution < -0.4 is 4.99 Å². The molecule has 142 valence electrons. The lowest BCUT2D eigenvalue weighted by Crippen LogP contribution is -2.81. The number of unbranched alkanes of at least 4 members (excludes halogenated alkanes) is 1. The first-order valence-corrected chi connectivity index (χ1v) is 9.79. The summed E-state index contributed by atoms with van der Waals surface area (Å²) in [6.07, 6.45) is 3.78. The number of aliphatic hydroxyl groups excluding tert-OH is 1. The minimum absolute atomic E-state index is 0.0586. The van der Waals surface area contributed by atoms with E-state index in [4.69, 9.17) is 4.74 Å². The molecule has 0 spiro atoms. The third-order valence-corrected chi connectivity index (χ3v) is 5.37. The van der Waals surface area contributed by atoms with Crippen LogP contribution >= 0.6 is 11.8 Å². The Kier molecular flexibility index (Phi) is 6.59. The van der Waals surface area contributed by atoms with Crippen molar-refractivity contribution in [3.05, 3.63) is 0 Å². The van der Waals surface area contributed by atoms with Crippen LogP contribution in [-0.2, 0) is 9.53 Å². The summed E-state index contributed by atoms with van der Waals surface area (Å²) in [6, 6.07) is -0.387. The number of nitrogens with zero attached hydrogens (tertiary/aromatic N) is 2. The first-order valence-electron chi connectivity index (χ1n) is 8.91. The third-order valence-electron chi connectivity index (χ3n) is 4.27. The zero-order chi connectivity index (χ0) is 18.6. The lowest BCUT2D eigenvalue weighted by Gasteiger charge is -2.24. The van der Waals surface area contributed by atoms with Gasteiger partial charge < -0.3 is 19.6 Å². The van der Waals surface area contributed by atoms with Crippen LogP contribution in [0.1, 0.15) is 52.9 Å². The molecular formula is C17H30N3O4S+. The summed E-state index contributed by atoms with van der Waals surface area (Å²) < 4.78 is 5.32. The first-order chi connectivity index (χ1) is 11.7. The molecule has 0 aromatic heterocycles. The standard InChI is InChI=1S/C17H29N3O4S/c1-17(2,3)24-16(23)19(4)10-6-5-8-12-14(21)20-11-7-9-13(20)25-15(22)18-12/h12-13H,5-11H2,1-4H3,(H,18,22)/p+1/t12-,13?/m0/s1. The Balaban J connectivity index is 1.78. The van der Waals surface area contributed by atoms with Gasteiger partial charge in [0.1, 0.15) is 5.60 Å². The number of aliphatic hydroxyl groups is 1. The van der Waals surface area contributed by atoms with Crippen LogP contribution in [0.25, 0.3) is 0 Å². The summed E-state index contributed by atoms with van der Waals surface area (Å²) in [5.74, 6) is 0.0690. The Hall–Kier alpha value is -1.44. The molecule has 2 amide bonds. The van der Waals surface area contributed by atoms with Gasteiger partial charge in [0.2, 0.25) is 6.04 Å². The lowest BCUT2D eigenvalue weighted by atomic mass is 10.1. The SMILES string of the molecule is CN(CCCC[C@@H]1[NH+]=C(O)SC2CCCN2C1=O)C(=O)OC(C)(C)C. The van der Waals surface area contributed by atoms with Crippen molar-refractivity contribution >= 4 is 29.0 Å². The summed E-state index contributed by atoms with van der Waals surface area (Å²) in [5.41, 5.74) is -0.501. The second-order valence-corrected chi connectivity index (χ2v) is 8.81. The van der Waals surface area contributed by atoms with E-state index in [1.807, 2.05) is 25.7 Å². The molecule has 2 atom stereocenters. The van der Waals surface area contributed by atoms with Crippen molar-refractivity contribution in [2.24, 2.45) is 0 Å². The number of ether oxygens (including phenoxy) is 1. The van der Waals surface area contributed by atoms with Crippen molar-refractivity contribution in [1.29, 1.82) is 0 Å². The Morgan fingerprint density at radius 2 is 2.16 bits per heavy atom. The number of nitrogens with one attached hydrogen (secondary N) is 1. The van der Waals surface area contributed by atoms with Gasteiger partial charge in [-0.1, -0.05) is 0 Å². The number of hydrogen-bond donors (Lipinski definition) is 2. The number of hydrogen-bond acceptors (Lipinski definition) is 4. The second-order valence-electron chi connectivity index (χ2n) is 7.65. The number of amides is 2. The van der Waals surface area contributed by atoms with Gasteiger partial charge in [-0.25, -0.2) is 4.79 Å². The van der Waals surface area contributed by atoms with E-state index >= 15 is 0 Å². The van der Waals surface area contributed by atoms with Crippen LogP contribution in [0, 0.1) is 0 Å². The summed E-state index contributed by atoms with van der Waals surface area (Å²) in [6.45, 7) is 6.87. The maximum absolute atomic E-state index is 12.6. The first kappa shape index (κ1) is 19.9. The summed E-state index contributed by atoms with van der Waals surface area (Å²) in [5, 5.41) is 10.2. The molecule has 7 nitrogen and oxygen atoms in total. The predicted molar refractivity (Wildman–Crippen MR) is 97.4 cm³/mol. The van der Waals surface area contributed by atoms with Crippen molar-refractivity contribution in [3.63, 3.8) is 0 Å². The Labute approximate surface area is 153 Å². The van der Waals surface area contributed by atoms with Gasteiger partial charge in [0.15, 0.2) is 0 Å². The molecule has 1 fully saturated rings. The highest BCUT2D eigenvalue weighted by atomic mass is 32.2. The highest BCUT2D eigenvalue weighted by Gasteiger charge is 2.40. The molecule has 2 rings (SSSR count). The summed E-state index contributed by atoms with van der Waals surface area (Å²) in [7, 11) is 1.72. The van der Waals surface area contributed by atoms with E-state index in [0.717, 1.165) is 32.2 Å². The maximum Gasteiger partial charge on any atom is 0.410 e. The number of rotatable bonds is 5. The Morgan fingerprint density at radius 3 is 2.84 bits per heavy atom. The van der Waals surface area contributed by atoms with E-state index in [-0.39, 0.29) is 28.6 Å². The molecule has 25 heavy (non-hydrogen) atoms. The molecule has 2 aliphatic heterocycles. The topological polar surface area (TPSA) is 84.0 Å². The van der Waals surface area contributed by atoms with Crippen molar-refractivity contribution in [3.8, 4) is 0 Å². The van der Waals surface area contributed by atoms with E-state index < -0.39 is 5.60 Å². The molecule has 2 N–H and O–H groups in total. The zero-order valence-corrected chi connectivity index (χ0v) is 16.4. The molecule has 0 radical (unpaired) electrons. The third kappa shape index (κ3) is 5.80. The fraction of sp³-hybridized carbons (Fsp3) is 0.824. The molecule has 0 aromatic carbocycles. The van der Waals surface area contributed by atoms with Crippen molar-refractivity contribution in [2.45, 2.75) is 69.9 Å². The number of carbonyl (C=O) groups excluding carboxylic acids is 2. The van der Waals surface area contributed by atoms with Crippen LogP contribution in [0.4, 0.5) is 4.79 Å². The molecule has 8 heteroatoms. The van der Waals surface area contributed by atoms with Crippen molar-refractivity contribution < 1.29 is 24.4 Å². The largest absolute Gasteiger partial charge is 0.455 e. The maximum atomic E-state index is 12.6. The van der Waals surface area contributed by atoms with Crippen LogP contribution in [0.3, 0.4) is 0 Å². The van der Waals surface area contributed by atoms with Crippen LogP contribution in [0.2, 0.25) is 0 Å². The minimum Gasteiger partial charge on any atom is -0.455 e. The van der Waals surface area contributed by atoms with Gasteiger partial charge in [-0.3, -0.25) is 4.79 Å². The highest BCUT2D eigenvalue weighted by molar-refractivity contribution is 8.13. The molecule has 2 heterocycles. The average Bonchev–Trinajstić information content (AvgIpc) is 2.91. The number of thioether (sulfide) groups is 1. The van der Waals surface area contributed by atoms with E-state index in [1.54, 1.807) is 11.9 Å². The molecular weight excluding hydrogens is 342 g/mol. The van der Waals surface area contributed by atoms with Crippen LogP contribution in [0.5, 0.6) is 0 Å². The Bertz CT molecular complexity index is 532. The molecule has 0 saturated carbocycles. The van der Waals surface area contributed by atoms with Gasteiger partial charge in [-0.15, -0.1) is 0 Å². The fourth-order valence-corrected chi connectivity index (χ4v) is 4.10. The van der Waals surface area contributed by atoms with E-state index in [9.17, 15) is 14.7 Å².